The Morgan fingerprint density at radius 1 is 1.22 bits per heavy atom. The number of carbonyl (C=O) groups is 3. The smallest absolute Gasteiger partial charge is 0.312 e. The highest BCUT2D eigenvalue weighted by Gasteiger charge is 2.79. The Hall–Kier alpha value is -2.19. The molecule has 3 saturated heterocycles. The van der Waals surface area contributed by atoms with E-state index in [2.05, 4.69) is 20.1 Å². The first-order chi connectivity index (χ1) is 17.8. The van der Waals surface area contributed by atoms with Gasteiger partial charge in [0, 0.05) is 13.1 Å². The normalized spacial score (nSPS) is 30.8. The van der Waals surface area contributed by atoms with Gasteiger partial charge in [0.1, 0.15) is 17.6 Å². The van der Waals surface area contributed by atoms with Crippen molar-refractivity contribution in [3.05, 3.63) is 25.3 Å². The third-order valence-electron chi connectivity index (χ3n) is 8.67. The van der Waals surface area contributed by atoms with Crippen LogP contribution in [0.15, 0.2) is 25.3 Å². The summed E-state index contributed by atoms with van der Waals surface area (Å²) in [5.41, 5.74) is -1.93. The second kappa shape index (κ2) is 12.6. The zero-order chi connectivity index (χ0) is 27.2. The summed E-state index contributed by atoms with van der Waals surface area (Å²) in [6.45, 7) is 14.4. The highest BCUT2D eigenvalue weighted by atomic mass is 16.6. The number of aliphatic hydroxyl groups excluding tert-OH is 1. The Morgan fingerprint density at radius 2 is 1.97 bits per heavy atom. The van der Waals surface area contributed by atoms with Gasteiger partial charge in [-0.05, 0) is 51.4 Å². The third-order valence-corrected chi connectivity index (χ3v) is 8.67. The average Bonchev–Trinajstić information content (AvgIpc) is 3.51. The number of ether oxygens (including phenoxy) is 2. The Kier molecular flexibility index (Phi) is 9.98. The van der Waals surface area contributed by atoms with Crippen molar-refractivity contribution in [1.29, 1.82) is 0 Å². The predicted octanol–water partition coefficient (Wildman–Crippen LogP) is 3.63. The van der Waals surface area contributed by atoms with E-state index in [4.69, 9.17) is 9.47 Å². The van der Waals surface area contributed by atoms with E-state index in [9.17, 15) is 19.5 Å². The number of hydrogen-bond donors (Lipinski definition) is 1. The molecule has 2 bridgehead atoms. The summed E-state index contributed by atoms with van der Waals surface area (Å²) in [7, 11) is 0. The van der Waals surface area contributed by atoms with Gasteiger partial charge in [0.25, 0.3) is 0 Å². The fourth-order valence-corrected chi connectivity index (χ4v) is 6.72. The first kappa shape index (κ1) is 29.4. The first-order valence-corrected chi connectivity index (χ1v) is 14.1. The molecular formula is C29H46N2O6. The Bertz CT molecular complexity index is 857. The molecule has 0 aromatic heterocycles. The minimum absolute atomic E-state index is 0.193. The fourth-order valence-electron chi connectivity index (χ4n) is 6.72. The molecule has 2 unspecified atom stereocenters. The first-order valence-electron chi connectivity index (χ1n) is 14.1. The zero-order valence-corrected chi connectivity index (χ0v) is 23.0. The number of unbranched alkanes of at least 4 members (excludes halogenated alkanes) is 3. The lowest BCUT2D eigenvalue weighted by molar-refractivity contribution is -0.163. The maximum absolute atomic E-state index is 14.2. The minimum Gasteiger partial charge on any atom is -0.465 e. The lowest BCUT2D eigenvalue weighted by Gasteiger charge is -2.39. The summed E-state index contributed by atoms with van der Waals surface area (Å²) in [6.07, 6.45) is 9.88. The maximum atomic E-state index is 14.2. The van der Waals surface area contributed by atoms with Crippen LogP contribution in [0.1, 0.15) is 78.6 Å². The van der Waals surface area contributed by atoms with Crippen LogP contribution in [0.3, 0.4) is 0 Å². The van der Waals surface area contributed by atoms with Gasteiger partial charge in [-0.15, -0.1) is 13.2 Å². The van der Waals surface area contributed by atoms with Crippen molar-refractivity contribution in [3.63, 3.8) is 0 Å². The second-order valence-electron chi connectivity index (χ2n) is 10.7. The van der Waals surface area contributed by atoms with Crippen LogP contribution in [-0.4, -0.2) is 82.3 Å². The second-order valence-corrected chi connectivity index (χ2v) is 10.7. The van der Waals surface area contributed by atoms with Crippen LogP contribution in [0.2, 0.25) is 0 Å². The predicted molar refractivity (Wildman–Crippen MR) is 142 cm³/mol. The average molecular weight is 519 g/mol. The van der Waals surface area contributed by atoms with Gasteiger partial charge in [0.15, 0.2) is 0 Å². The van der Waals surface area contributed by atoms with Crippen molar-refractivity contribution in [2.45, 2.75) is 102 Å². The Morgan fingerprint density at radius 3 is 2.57 bits per heavy atom. The SMILES string of the molecule is C=CCCCCOC(=O)[C@H]1[C@H]2C(=O)N([C@@H](CC)CO)C(C(=O)N(CC=C)CCCC)C23CC[C@]1(CC)O3. The molecule has 3 aliphatic rings. The molecule has 0 radical (unpaired) electrons. The van der Waals surface area contributed by atoms with Crippen molar-refractivity contribution in [1.82, 2.24) is 9.80 Å². The van der Waals surface area contributed by atoms with Crippen molar-refractivity contribution >= 4 is 17.8 Å². The van der Waals surface area contributed by atoms with E-state index in [-0.39, 0.29) is 25.0 Å². The lowest BCUT2D eigenvalue weighted by Crippen LogP contribution is -2.59. The number of likely N-dealkylation sites (tertiary alicyclic amines) is 1. The largest absolute Gasteiger partial charge is 0.465 e. The van der Waals surface area contributed by atoms with Crippen molar-refractivity contribution in [2.24, 2.45) is 11.8 Å². The van der Waals surface area contributed by atoms with Crippen LogP contribution in [-0.2, 0) is 23.9 Å². The summed E-state index contributed by atoms with van der Waals surface area (Å²) >= 11 is 0. The summed E-state index contributed by atoms with van der Waals surface area (Å²) in [5, 5.41) is 10.2. The number of carbonyl (C=O) groups excluding carboxylic acids is 3. The third kappa shape index (κ3) is 5.11. The number of allylic oxidation sites excluding steroid dienone is 1. The molecule has 2 amide bonds. The number of nitrogens with zero attached hydrogens (tertiary/aromatic N) is 2. The van der Waals surface area contributed by atoms with E-state index in [1.165, 1.54) is 0 Å². The molecule has 208 valence electrons. The van der Waals surface area contributed by atoms with E-state index in [1.807, 2.05) is 19.9 Å². The van der Waals surface area contributed by atoms with Crippen molar-refractivity contribution in [3.8, 4) is 0 Å². The quantitative estimate of drug-likeness (QED) is 0.190. The molecule has 8 heteroatoms. The molecule has 0 aromatic rings. The number of hydrogen-bond acceptors (Lipinski definition) is 6. The van der Waals surface area contributed by atoms with Gasteiger partial charge in [-0.2, -0.15) is 0 Å². The summed E-state index contributed by atoms with van der Waals surface area (Å²) in [5.74, 6) is -2.45. The fraction of sp³-hybridized carbons (Fsp3) is 0.759. The molecule has 8 nitrogen and oxygen atoms in total. The molecular weight excluding hydrogens is 472 g/mol. The number of rotatable bonds is 16. The van der Waals surface area contributed by atoms with Gasteiger partial charge >= 0.3 is 5.97 Å². The molecule has 0 aromatic carbocycles. The van der Waals surface area contributed by atoms with Crippen LogP contribution in [0.5, 0.6) is 0 Å². The standard InChI is InChI=1S/C29H46N2O6/c1-6-11-13-14-19-36-27(35)23-22-25(33)31(21(9-4)20-32)24(26(34)30(17-8-3)18-12-7-2)29(22)16-15-28(23,10-5)37-29/h6,8,21-24,32H,1,3,7,9-20H2,2,4-5H3/t21-,22-,23+,24?,28-,29?/m0/s1. The molecule has 1 spiro atoms. The van der Waals surface area contributed by atoms with Crippen molar-refractivity contribution < 1.29 is 29.0 Å². The number of esters is 1. The molecule has 37 heavy (non-hydrogen) atoms. The molecule has 1 N–H and O–H groups in total. The molecule has 0 saturated carbocycles. The van der Waals surface area contributed by atoms with Crippen LogP contribution in [0, 0.1) is 11.8 Å². The van der Waals surface area contributed by atoms with Gasteiger partial charge in [-0.25, -0.2) is 0 Å². The van der Waals surface area contributed by atoms with Crippen molar-refractivity contribution in [2.75, 3.05) is 26.3 Å². The van der Waals surface area contributed by atoms with Crippen LogP contribution < -0.4 is 0 Å². The summed E-state index contributed by atoms with van der Waals surface area (Å²) in [6, 6.07) is -1.42. The van der Waals surface area contributed by atoms with E-state index in [0.717, 1.165) is 32.1 Å². The molecule has 3 rings (SSSR count). The monoisotopic (exact) mass is 518 g/mol. The van der Waals surface area contributed by atoms with Gasteiger partial charge in [0.05, 0.1) is 30.8 Å². The van der Waals surface area contributed by atoms with Crippen LogP contribution in [0.25, 0.3) is 0 Å². The topological polar surface area (TPSA) is 96.4 Å². The molecule has 3 aliphatic heterocycles. The number of aliphatic hydroxyl groups is 1. The van der Waals surface area contributed by atoms with Gasteiger partial charge < -0.3 is 24.4 Å². The lowest BCUT2D eigenvalue weighted by atomic mass is 9.65. The molecule has 3 heterocycles. The van der Waals surface area contributed by atoms with Gasteiger partial charge in [-0.1, -0.05) is 39.3 Å². The summed E-state index contributed by atoms with van der Waals surface area (Å²) in [4.78, 5) is 45.2. The Balaban J connectivity index is 2.01. The summed E-state index contributed by atoms with van der Waals surface area (Å²) < 4.78 is 12.5. The van der Waals surface area contributed by atoms with Gasteiger partial charge in [-0.3, -0.25) is 14.4 Å². The zero-order valence-electron chi connectivity index (χ0n) is 23.0. The van der Waals surface area contributed by atoms with Crippen LogP contribution >= 0.6 is 0 Å². The van der Waals surface area contributed by atoms with E-state index >= 15 is 0 Å². The highest BCUT2D eigenvalue weighted by molar-refractivity contribution is 5.98. The number of fused-ring (bicyclic) bond motifs is 1. The minimum atomic E-state index is -1.11. The number of amides is 2. The van der Waals surface area contributed by atoms with E-state index in [0.29, 0.717) is 38.8 Å². The molecule has 6 atom stereocenters. The molecule has 3 fully saturated rings. The van der Waals surface area contributed by atoms with E-state index < -0.39 is 41.1 Å². The van der Waals surface area contributed by atoms with Gasteiger partial charge in [0.2, 0.25) is 11.8 Å². The maximum Gasteiger partial charge on any atom is 0.312 e. The highest BCUT2D eigenvalue weighted by Crippen LogP contribution is 2.64. The van der Waals surface area contributed by atoms with Crippen LogP contribution in [0.4, 0.5) is 0 Å². The molecule has 0 aliphatic carbocycles. The Labute approximate surface area is 222 Å². The van der Waals surface area contributed by atoms with E-state index in [1.54, 1.807) is 15.9 Å².